The molecule has 2 nitrogen and oxygen atoms in total. The zero-order valence-electron chi connectivity index (χ0n) is 38.6. The van der Waals surface area contributed by atoms with Gasteiger partial charge in [0.1, 0.15) is 0 Å². The molecule has 13 rings (SSSR count). The smallest absolute Gasteiger partial charge is 0.180 e. The van der Waals surface area contributed by atoms with Gasteiger partial charge in [0, 0.05) is 32.9 Å². The Bertz CT molecular complexity index is 3770. The fourth-order valence-corrected chi connectivity index (χ4v) is 21.7. The number of fused-ring (bicyclic) bond motifs is 6. The van der Waals surface area contributed by atoms with Crippen molar-refractivity contribution in [3.63, 3.8) is 0 Å². The Hall–Kier alpha value is -8.55. The van der Waals surface area contributed by atoms with E-state index in [4.69, 9.17) is 0 Å². The highest BCUT2D eigenvalue weighted by molar-refractivity contribution is 7.21. The second-order valence-corrected chi connectivity index (χ2v) is 25.9. The Morgan fingerprint density at radius 2 is 0.614 bits per heavy atom. The largest absolute Gasteiger partial charge is 0.309 e. The third-order valence-corrected chi connectivity index (χ3v) is 24.4. The molecule has 0 aliphatic carbocycles. The molecule has 0 saturated carbocycles. The zero-order valence-corrected chi connectivity index (χ0v) is 40.6. The van der Waals surface area contributed by atoms with Gasteiger partial charge in [-0.15, -0.1) is 0 Å². The number of benzene rings is 11. The monoisotopic (exact) mass is 924 g/mol. The maximum atomic E-state index is 2.54. The molecule has 0 unspecified atom stereocenters. The van der Waals surface area contributed by atoms with Crippen molar-refractivity contribution in [2.24, 2.45) is 0 Å². The Morgan fingerprint density at radius 3 is 1.13 bits per heavy atom. The molecule has 2 heterocycles. The van der Waals surface area contributed by atoms with Crippen LogP contribution in [0.15, 0.2) is 291 Å². The average Bonchev–Trinajstić information content (AvgIpc) is 3.96. The molecule has 0 N–H and O–H groups in total. The van der Waals surface area contributed by atoms with E-state index in [-0.39, 0.29) is 0 Å². The second kappa shape index (κ2) is 17.2. The molecule has 0 aliphatic heterocycles. The van der Waals surface area contributed by atoms with Crippen molar-refractivity contribution in [2.45, 2.75) is 0 Å². The van der Waals surface area contributed by atoms with Gasteiger partial charge in [-0.2, -0.15) is 0 Å². The lowest BCUT2D eigenvalue weighted by atomic mass is 10.1. The summed E-state index contributed by atoms with van der Waals surface area (Å²) in [4.78, 5) is 0. The number of nitrogens with zero attached hydrogens (tertiary/aromatic N) is 2. The molecular weight excluding hydrogens is 877 g/mol. The maximum absolute atomic E-state index is 2.98. The van der Waals surface area contributed by atoms with Crippen molar-refractivity contribution in [3.8, 4) is 11.4 Å². The maximum Gasteiger partial charge on any atom is 0.180 e. The molecule has 11 aromatic carbocycles. The normalized spacial score (nSPS) is 12.0. The van der Waals surface area contributed by atoms with Crippen LogP contribution in [0.2, 0.25) is 0 Å². The molecule has 0 spiro atoms. The van der Waals surface area contributed by atoms with Crippen molar-refractivity contribution >= 4 is 101 Å². The highest BCUT2D eigenvalue weighted by atomic mass is 28.3. The summed E-state index contributed by atoms with van der Waals surface area (Å²) in [5, 5.41) is 15.9. The van der Waals surface area contributed by atoms with Crippen LogP contribution in [-0.4, -0.2) is 25.3 Å². The first kappa shape index (κ1) is 41.6. The van der Waals surface area contributed by atoms with Crippen LogP contribution in [0.3, 0.4) is 0 Å². The van der Waals surface area contributed by atoms with Crippen LogP contribution in [0.25, 0.3) is 55.0 Å². The average molecular weight is 925 g/mol. The quantitative estimate of drug-likeness (QED) is 0.0956. The number of hydrogen-bond donors (Lipinski definition) is 0. The number of para-hydroxylation sites is 2. The molecule has 13 aromatic rings. The van der Waals surface area contributed by atoms with E-state index in [1.807, 2.05) is 0 Å². The van der Waals surface area contributed by atoms with Gasteiger partial charge in [0.05, 0.1) is 22.1 Å². The van der Waals surface area contributed by atoms with Crippen LogP contribution in [0, 0.1) is 0 Å². The van der Waals surface area contributed by atoms with Gasteiger partial charge in [0.25, 0.3) is 0 Å². The first-order chi connectivity index (χ1) is 34.8. The number of hydrogen-bond acceptors (Lipinski definition) is 0. The third-order valence-electron chi connectivity index (χ3n) is 14.8. The van der Waals surface area contributed by atoms with Crippen LogP contribution >= 0.6 is 0 Å². The second-order valence-electron chi connectivity index (χ2n) is 18.4. The van der Waals surface area contributed by atoms with Crippen molar-refractivity contribution in [3.05, 3.63) is 291 Å². The molecule has 4 heteroatoms. The Balaban J connectivity index is 1.15. The van der Waals surface area contributed by atoms with Gasteiger partial charge in [-0.1, -0.05) is 243 Å². The van der Waals surface area contributed by atoms with E-state index in [1.54, 1.807) is 0 Å². The van der Waals surface area contributed by atoms with Gasteiger partial charge >= 0.3 is 0 Å². The van der Waals surface area contributed by atoms with E-state index in [2.05, 4.69) is 300 Å². The predicted molar refractivity (Wildman–Crippen MR) is 302 cm³/mol. The lowest BCUT2D eigenvalue weighted by Gasteiger charge is -2.35. The van der Waals surface area contributed by atoms with Gasteiger partial charge < -0.3 is 9.13 Å². The highest BCUT2D eigenvalue weighted by Crippen LogP contribution is 2.37. The van der Waals surface area contributed by atoms with Gasteiger partial charge in [-0.3, -0.25) is 0 Å². The van der Waals surface area contributed by atoms with E-state index in [1.165, 1.54) is 85.1 Å². The minimum atomic E-state index is -2.98. The predicted octanol–water partition coefficient (Wildman–Crippen LogP) is 10.6. The topological polar surface area (TPSA) is 9.86 Å². The van der Waals surface area contributed by atoms with Gasteiger partial charge in [-0.25, -0.2) is 0 Å². The molecule has 0 bridgehead atoms. The van der Waals surface area contributed by atoms with Crippen LogP contribution in [0.5, 0.6) is 0 Å². The standard InChI is InChI=1S/C66H48N2Si2/c1-8-25-49(26-9-1)67-62-46-43-50(47-60(62)66-63(67)41-24-42-65(66)70(54-33-16-5-17-34-54,55-35-18-6-19-36-55)56-37-20-7-21-38-56)68-61-40-23-22-39-58(61)59-45-44-57(48-64(59)68)69(51-27-10-2-11-28-51,52-29-12-3-13-30-52)53-31-14-4-15-32-53/h1-48H. The molecule has 0 saturated heterocycles. The Morgan fingerprint density at radius 1 is 0.214 bits per heavy atom. The first-order valence-corrected chi connectivity index (χ1v) is 28.3. The molecule has 0 radical (unpaired) electrons. The SMILES string of the molecule is c1ccc(-n2c3ccc(-n4c5ccccc5c5ccc([Si](c6ccccc6)(c6ccccc6)c6ccccc6)cc54)cc3c3c([Si](c4ccccc4)(c4ccccc4)c4ccccc4)cccc32)cc1. The summed E-state index contributed by atoms with van der Waals surface area (Å²) in [6, 6.07) is 109. The fraction of sp³-hybridized carbons (Fsp3) is 0. The summed E-state index contributed by atoms with van der Waals surface area (Å²) in [6.07, 6.45) is 0. The Kier molecular flexibility index (Phi) is 10.2. The van der Waals surface area contributed by atoms with E-state index in [9.17, 15) is 0 Å². The van der Waals surface area contributed by atoms with Crippen LogP contribution in [0.1, 0.15) is 0 Å². The molecule has 330 valence electrons. The summed E-state index contributed by atoms with van der Waals surface area (Å²) < 4.78 is 5.03. The molecule has 0 amide bonds. The minimum Gasteiger partial charge on any atom is -0.309 e. The lowest BCUT2D eigenvalue weighted by molar-refractivity contribution is 1.17. The minimum absolute atomic E-state index is 1.13. The summed E-state index contributed by atoms with van der Waals surface area (Å²) in [5.41, 5.74) is 7.05. The number of aromatic nitrogens is 2. The van der Waals surface area contributed by atoms with E-state index < -0.39 is 16.1 Å². The van der Waals surface area contributed by atoms with Crippen LogP contribution in [-0.2, 0) is 0 Å². The third kappa shape index (κ3) is 6.38. The highest BCUT2D eigenvalue weighted by Gasteiger charge is 2.44. The molecule has 0 aliphatic rings. The summed E-state index contributed by atoms with van der Waals surface area (Å²) in [6.45, 7) is 0. The van der Waals surface area contributed by atoms with Crippen molar-refractivity contribution < 1.29 is 0 Å². The van der Waals surface area contributed by atoms with Crippen LogP contribution < -0.4 is 41.5 Å². The molecule has 0 atom stereocenters. The summed E-state index contributed by atoms with van der Waals surface area (Å²) >= 11 is 0. The molecule has 70 heavy (non-hydrogen) atoms. The van der Waals surface area contributed by atoms with Gasteiger partial charge in [0.15, 0.2) is 16.1 Å². The Labute approximate surface area is 410 Å². The van der Waals surface area contributed by atoms with Crippen LogP contribution in [0.4, 0.5) is 0 Å². The van der Waals surface area contributed by atoms with Gasteiger partial charge in [-0.05, 0) is 90.0 Å². The van der Waals surface area contributed by atoms with Crippen molar-refractivity contribution in [2.75, 3.05) is 0 Å². The van der Waals surface area contributed by atoms with E-state index in [0.29, 0.717) is 0 Å². The molecule has 0 fully saturated rings. The fourth-order valence-electron chi connectivity index (χ4n) is 11.9. The molecule has 2 aromatic heterocycles. The summed E-state index contributed by atoms with van der Waals surface area (Å²) in [7, 11) is -5.82. The number of rotatable bonds is 10. The van der Waals surface area contributed by atoms with Gasteiger partial charge in [0.2, 0.25) is 0 Å². The van der Waals surface area contributed by atoms with E-state index in [0.717, 1.165) is 11.4 Å². The van der Waals surface area contributed by atoms with E-state index >= 15 is 0 Å². The van der Waals surface area contributed by atoms with Crippen molar-refractivity contribution in [1.29, 1.82) is 0 Å². The lowest BCUT2D eigenvalue weighted by Crippen LogP contribution is -2.74. The molecular formula is C66H48N2Si2. The first-order valence-electron chi connectivity index (χ1n) is 24.3. The zero-order chi connectivity index (χ0) is 46.5. The summed E-state index contributed by atoms with van der Waals surface area (Å²) in [5.74, 6) is 0. The van der Waals surface area contributed by atoms with Crippen molar-refractivity contribution in [1.82, 2.24) is 9.13 Å².